The van der Waals surface area contributed by atoms with Crippen LogP contribution in [0.4, 0.5) is 18.9 Å². The molecule has 7 heteroatoms. The van der Waals surface area contributed by atoms with E-state index >= 15 is 0 Å². The molecule has 2 fully saturated rings. The summed E-state index contributed by atoms with van der Waals surface area (Å²) in [5, 5.41) is -0.268. The Kier molecular flexibility index (Phi) is 3.15. The standard InChI is InChI=1S/C13H14ClF3N2O/c1-12-5-18(7-19(12)8-20-6-12)9-2-3-11(14)10(4-9)13(15,16)17/h2-4H,5-8H2,1H3. The largest absolute Gasteiger partial charge is 0.417 e. The second-order valence-electron chi connectivity index (χ2n) is 5.52. The zero-order valence-corrected chi connectivity index (χ0v) is 11.6. The number of nitrogens with zero attached hydrogens (tertiary/aromatic N) is 2. The Balaban J connectivity index is 1.89. The summed E-state index contributed by atoms with van der Waals surface area (Å²) in [6, 6.07) is 4.06. The Morgan fingerprint density at radius 2 is 2.10 bits per heavy atom. The Bertz CT molecular complexity index is 537. The zero-order valence-electron chi connectivity index (χ0n) is 10.9. The number of alkyl halides is 3. The Morgan fingerprint density at radius 1 is 1.35 bits per heavy atom. The fourth-order valence-corrected chi connectivity index (χ4v) is 2.97. The lowest BCUT2D eigenvalue weighted by atomic mass is 10.1. The normalized spacial score (nSPS) is 27.1. The second-order valence-corrected chi connectivity index (χ2v) is 5.92. The maximum Gasteiger partial charge on any atom is 0.417 e. The number of benzene rings is 1. The van der Waals surface area contributed by atoms with Crippen molar-refractivity contribution in [2.75, 3.05) is 31.5 Å². The first-order chi connectivity index (χ1) is 9.29. The van der Waals surface area contributed by atoms with Crippen molar-refractivity contribution >= 4 is 17.3 Å². The van der Waals surface area contributed by atoms with Gasteiger partial charge in [0.25, 0.3) is 0 Å². The van der Waals surface area contributed by atoms with Gasteiger partial charge in [-0.25, -0.2) is 0 Å². The number of rotatable bonds is 1. The van der Waals surface area contributed by atoms with Crippen LogP contribution < -0.4 is 4.90 Å². The molecule has 20 heavy (non-hydrogen) atoms. The summed E-state index contributed by atoms with van der Waals surface area (Å²) in [4.78, 5) is 4.04. The second kappa shape index (κ2) is 4.51. The molecular formula is C13H14ClF3N2O. The van der Waals surface area contributed by atoms with Gasteiger partial charge in [-0.3, -0.25) is 4.90 Å². The summed E-state index contributed by atoms with van der Waals surface area (Å²) in [7, 11) is 0. The molecule has 0 amide bonds. The molecule has 1 aromatic rings. The maximum atomic E-state index is 12.9. The van der Waals surface area contributed by atoms with Crippen molar-refractivity contribution in [3.63, 3.8) is 0 Å². The molecular weight excluding hydrogens is 293 g/mol. The lowest BCUT2D eigenvalue weighted by Gasteiger charge is -2.22. The molecule has 0 aromatic heterocycles. The first-order valence-electron chi connectivity index (χ1n) is 6.24. The molecule has 110 valence electrons. The van der Waals surface area contributed by atoms with Crippen molar-refractivity contribution in [3.05, 3.63) is 28.8 Å². The van der Waals surface area contributed by atoms with E-state index in [1.54, 1.807) is 6.07 Å². The molecule has 2 saturated heterocycles. The van der Waals surface area contributed by atoms with E-state index in [9.17, 15) is 13.2 Å². The van der Waals surface area contributed by atoms with E-state index in [-0.39, 0.29) is 10.6 Å². The van der Waals surface area contributed by atoms with Crippen LogP contribution >= 0.6 is 11.6 Å². The molecule has 2 aliphatic heterocycles. The van der Waals surface area contributed by atoms with Crippen molar-refractivity contribution < 1.29 is 17.9 Å². The van der Waals surface area contributed by atoms with E-state index in [0.717, 1.165) is 6.07 Å². The fourth-order valence-electron chi connectivity index (χ4n) is 2.75. The van der Waals surface area contributed by atoms with Crippen LogP contribution in [0.1, 0.15) is 12.5 Å². The molecule has 1 atom stereocenters. The van der Waals surface area contributed by atoms with Gasteiger partial charge < -0.3 is 9.64 Å². The number of anilines is 1. The van der Waals surface area contributed by atoms with Crippen molar-refractivity contribution in [1.29, 1.82) is 0 Å². The van der Waals surface area contributed by atoms with Gasteiger partial charge in [-0.05, 0) is 25.1 Å². The quantitative estimate of drug-likeness (QED) is 0.792. The van der Waals surface area contributed by atoms with Gasteiger partial charge in [-0.1, -0.05) is 11.6 Å². The number of fused-ring (bicyclic) bond motifs is 1. The summed E-state index contributed by atoms with van der Waals surface area (Å²) in [6.07, 6.45) is -4.43. The Labute approximate surface area is 119 Å². The van der Waals surface area contributed by atoms with E-state index < -0.39 is 11.7 Å². The van der Waals surface area contributed by atoms with Crippen LogP contribution in [0.3, 0.4) is 0 Å². The number of hydrogen-bond donors (Lipinski definition) is 0. The Hall–Kier alpha value is -0.980. The van der Waals surface area contributed by atoms with Gasteiger partial charge in [0, 0.05) is 12.2 Å². The predicted molar refractivity (Wildman–Crippen MR) is 69.7 cm³/mol. The first kappa shape index (κ1) is 14.0. The minimum absolute atomic E-state index is 0.127. The average molecular weight is 307 g/mol. The monoisotopic (exact) mass is 306 g/mol. The van der Waals surface area contributed by atoms with Crippen LogP contribution in [0, 0.1) is 0 Å². The maximum absolute atomic E-state index is 12.9. The summed E-state index contributed by atoms with van der Waals surface area (Å²) >= 11 is 5.64. The van der Waals surface area contributed by atoms with Crippen LogP contribution in [-0.4, -0.2) is 37.0 Å². The van der Waals surface area contributed by atoms with E-state index in [1.165, 1.54) is 6.07 Å². The lowest BCUT2D eigenvalue weighted by molar-refractivity contribution is -0.137. The molecule has 3 rings (SSSR count). The summed E-state index contributed by atoms with van der Waals surface area (Å²) in [5.41, 5.74) is -0.375. The molecule has 1 unspecified atom stereocenters. The van der Waals surface area contributed by atoms with Crippen molar-refractivity contribution in [2.24, 2.45) is 0 Å². The van der Waals surface area contributed by atoms with Gasteiger partial charge in [0.1, 0.15) is 6.73 Å². The van der Waals surface area contributed by atoms with E-state index in [1.807, 2.05) is 4.90 Å². The molecule has 0 radical (unpaired) electrons. The highest BCUT2D eigenvalue weighted by Crippen LogP contribution is 2.39. The first-order valence-corrected chi connectivity index (χ1v) is 6.62. The van der Waals surface area contributed by atoms with Crippen molar-refractivity contribution in [1.82, 2.24) is 4.90 Å². The zero-order chi connectivity index (χ0) is 14.5. The van der Waals surface area contributed by atoms with E-state index in [0.29, 0.717) is 32.2 Å². The van der Waals surface area contributed by atoms with Crippen LogP contribution in [0.2, 0.25) is 5.02 Å². The van der Waals surface area contributed by atoms with Gasteiger partial charge in [0.15, 0.2) is 0 Å². The van der Waals surface area contributed by atoms with Gasteiger partial charge in [-0.2, -0.15) is 13.2 Å². The topological polar surface area (TPSA) is 15.7 Å². The summed E-state index contributed by atoms with van der Waals surface area (Å²) in [6.45, 7) is 4.39. The third kappa shape index (κ3) is 2.25. The smallest absolute Gasteiger partial charge is 0.364 e. The van der Waals surface area contributed by atoms with Crippen LogP contribution in [0.25, 0.3) is 0 Å². The number of halogens is 4. The van der Waals surface area contributed by atoms with Crippen LogP contribution in [0.5, 0.6) is 0 Å². The molecule has 0 bridgehead atoms. The number of hydrogen-bond acceptors (Lipinski definition) is 3. The molecule has 0 saturated carbocycles. The third-order valence-electron chi connectivity index (χ3n) is 3.92. The van der Waals surface area contributed by atoms with Gasteiger partial charge in [0.05, 0.1) is 29.4 Å². The fraction of sp³-hybridized carbons (Fsp3) is 0.538. The highest BCUT2D eigenvalue weighted by Gasteiger charge is 2.45. The predicted octanol–water partition coefficient (Wildman–Crippen LogP) is 3.18. The molecule has 0 aliphatic carbocycles. The highest BCUT2D eigenvalue weighted by atomic mass is 35.5. The van der Waals surface area contributed by atoms with E-state index in [4.69, 9.17) is 16.3 Å². The van der Waals surface area contributed by atoms with Gasteiger partial charge in [-0.15, -0.1) is 0 Å². The SMILES string of the molecule is CC12COCN1CN(c1ccc(Cl)c(C(F)(F)F)c1)C2. The summed E-state index contributed by atoms with van der Waals surface area (Å²) < 4.78 is 44.1. The molecule has 3 nitrogen and oxygen atoms in total. The molecule has 0 spiro atoms. The Morgan fingerprint density at radius 3 is 2.75 bits per heavy atom. The lowest BCUT2D eigenvalue weighted by Crippen LogP contribution is -2.39. The van der Waals surface area contributed by atoms with Crippen LogP contribution in [0.15, 0.2) is 18.2 Å². The molecule has 2 aliphatic rings. The van der Waals surface area contributed by atoms with E-state index in [2.05, 4.69) is 11.8 Å². The molecule has 0 N–H and O–H groups in total. The summed E-state index contributed by atoms with van der Waals surface area (Å²) in [5.74, 6) is 0. The average Bonchev–Trinajstić information content (AvgIpc) is 2.82. The van der Waals surface area contributed by atoms with Crippen molar-refractivity contribution in [3.8, 4) is 0 Å². The third-order valence-corrected chi connectivity index (χ3v) is 4.25. The minimum atomic E-state index is -4.43. The minimum Gasteiger partial charge on any atom is -0.364 e. The van der Waals surface area contributed by atoms with Gasteiger partial charge in [0.2, 0.25) is 0 Å². The molecule has 1 aromatic carbocycles. The van der Waals surface area contributed by atoms with Crippen molar-refractivity contribution in [2.45, 2.75) is 18.6 Å². The van der Waals surface area contributed by atoms with Crippen LogP contribution in [-0.2, 0) is 10.9 Å². The highest BCUT2D eigenvalue weighted by molar-refractivity contribution is 6.31. The van der Waals surface area contributed by atoms with Gasteiger partial charge >= 0.3 is 6.18 Å². The number of ether oxygens (including phenoxy) is 1. The molecule has 2 heterocycles.